The Morgan fingerprint density at radius 1 is 1.11 bits per heavy atom. The van der Waals surface area contributed by atoms with Crippen LogP contribution >= 0.6 is 0 Å². The van der Waals surface area contributed by atoms with Crippen LogP contribution in [0.5, 0.6) is 0 Å². The Labute approximate surface area is 117 Å². The molecule has 1 N–H and O–H groups in total. The Hall–Kier alpha value is -0.670. The van der Waals surface area contributed by atoms with E-state index in [1.165, 1.54) is 0 Å². The first-order chi connectivity index (χ1) is 9.04. The van der Waals surface area contributed by atoms with Gasteiger partial charge in [-0.1, -0.05) is 0 Å². The molecule has 0 aliphatic heterocycles. The number of hydrogen-bond acceptors (Lipinski definition) is 5. The summed E-state index contributed by atoms with van der Waals surface area (Å²) in [4.78, 5) is 0. The largest absolute Gasteiger partial charge is 0.382 e. The minimum atomic E-state index is -0.511. The van der Waals surface area contributed by atoms with Gasteiger partial charge in [0.2, 0.25) is 0 Å². The SMILES string of the molecule is COCCOCCCOCCC(C)(C#N)NC(C)C. The number of nitrogens with zero attached hydrogens (tertiary/aromatic N) is 1. The summed E-state index contributed by atoms with van der Waals surface area (Å²) in [5.41, 5.74) is -0.511. The Morgan fingerprint density at radius 3 is 2.26 bits per heavy atom. The molecule has 112 valence electrons. The summed E-state index contributed by atoms with van der Waals surface area (Å²) in [5, 5.41) is 12.4. The molecule has 0 aromatic carbocycles. The van der Waals surface area contributed by atoms with E-state index in [2.05, 4.69) is 11.4 Å². The van der Waals surface area contributed by atoms with Crippen LogP contribution in [0.2, 0.25) is 0 Å². The zero-order valence-electron chi connectivity index (χ0n) is 12.7. The lowest BCUT2D eigenvalue weighted by atomic mass is 9.99. The molecule has 0 rings (SSSR count). The molecule has 1 atom stereocenters. The second-order valence-corrected chi connectivity index (χ2v) is 5.06. The van der Waals surface area contributed by atoms with E-state index >= 15 is 0 Å². The van der Waals surface area contributed by atoms with Gasteiger partial charge in [-0.25, -0.2) is 0 Å². The van der Waals surface area contributed by atoms with Gasteiger partial charge < -0.3 is 14.2 Å². The minimum absolute atomic E-state index is 0.291. The highest BCUT2D eigenvalue weighted by molar-refractivity contribution is 5.04. The molecular formula is C14H28N2O3. The molecule has 0 aromatic rings. The first-order valence-electron chi connectivity index (χ1n) is 6.87. The average molecular weight is 272 g/mol. The third-order valence-corrected chi connectivity index (χ3v) is 2.61. The fourth-order valence-electron chi connectivity index (χ4n) is 1.68. The topological polar surface area (TPSA) is 63.5 Å². The summed E-state index contributed by atoms with van der Waals surface area (Å²) >= 11 is 0. The number of nitrogens with one attached hydrogen (secondary N) is 1. The summed E-state index contributed by atoms with van der Waals surface area (Å²) in [6.45, 7) is 9.16. The quantitative estimate of drug-likeness (QED) is 0.548. The number of rotatable bonds is 12. The summed E-state index contributed by atoms with van der Waals surface area (Å²) in [6, 6.07) is 2.60. The molecule has 5 nitrogen and oxygen atoms in total. The van der Waals surface area contributed by atoms with Crippen LogP contribution in [0.4, 0.5) is 0 Å². The Balaban J connectivity index is 3.49. The summed E-state index contributed by atoms with van der Waals surface area (Å²) < 4.78 is 15.7. The number of ether oxygens (including phenoxy) is 3. The first-order valence-corrected chi connectivity index (χ1v) is 6.87. The number of nitriles is 1. The zero-order chi connectivity index (χ0) is 14.6. The molecular weight excluding hydrogens is 244 g/mol. The van der Waals surface area contributed by atoms with Gasteiger partial charge in [0.1, 0.15) is 5.54 Å². The highest BCUT2D eigenvalue weighted by Crippen LogP contribution is 2.09. The van der Waals surface area contributed by atoms with Gasteiger partial charge in [0, 0.05) is 39.4 Å². The smallest absolute Gasteiger partial charge is 0.106 e. The average Bonchev–Trinajstić information content (AvgIpc) is 2.36. The van der Waals surface area contributed by atoms with E-state index in [9.17, 15) is 0 Å². The van der Waals surface area contributed by atoms with Crippen molar-refractivity contribution in [1.82, 2.24) is 5.32 Å². The molecule has 0 aliphatic carbocycles. The van der Waals surface area contributed by atoms with E-state index < -0.39 is 5.54 Å². The second-order valence-electron chi connectivity index (χ2n) is 5.06. The van der Waals surface area contributed by atoms with Gasteiger partial charge in [-0.15, -0.1) is 0 Å². The Morgan fingerprint density at radius 2 is 1.74 bits per heavy atom. The maximum atomic E-state index is 9.16. The molecule has 1 unspecified atom stereocenters. The van der Waals surface area contributed by atoms with Crippen LogP contribution < -0.4 is 5.32 Å². The molecule has 0 bridgehead atoms. The minimum Gasteiger partial charge on any atom is -0.382 e. The van der Waals surface area contributed by atoms with Crippen LogP contribution in [-0.4, -0.2) is 51.7 Å². The summed E-state index contributed by atoms with van der Waals surface area (Å²) in [6.07, 6.45) is 1.55. The van der Waals surface area contributed by atoms with Gasteiger partial charge in [-0.3, -0.25) is 5.32 Å². The normalized spacial score (nSPS) is 14.3. The third-order valence-electron chi connectivity index (χ3n) is 2.61. The van der Waals surface area contributed by atoms with Crippen LogP contribution in [0.25, 0.3) is 0 Å². The molecule has 19 heavy (non-hydrogen) atoms. The summed E-state index contributed by atoms with van der Waals surface area (Å²) in [7, 11) is 1.66. The molecule has 5 heteroatoms. The standard InChI is InChI=1S/C14H28N2O3/c1-13(2)16-14(3,12-15)6-9-18-7-5-8-19-11-10-17-4/h13,16H,5-11H2,1-4H3. The zero-order valence-corrected chi connectivity index (χ0v) is 12.7. The van der Waals surface area contributed by atoms with E-state index in [0.29, 0.717) is 45.5 Å². The molecule has 0 aromatic heterocycles. The lowest BCUT2D eigenvalue weighted by Gasteiger charge is -2.25. The maximum absolute atomic E-state index is 9.16. The molecule has 0 fully saturated rings. The van der Waals surface area contributed by atoms with E-state index in [1.54, 1.807) is 7.11 Å². The third kappa shape index (κ3) is 10.9. The molecule has 0 saturated heterocycles. The fraction of sp³-hybridized carbons (Fsp3) is 0.929. The van der Waals surface area contributed by atoms with Crippen molar-refractivity contribution in [2.45, 2.75) is 45.2 Å². The lowest BCUT2D eigenvalue weighted by molar-refractivity contribution is 0.0489. The van der Waals surface area contributed by atoms with E-state index in [0.717, 1.165) is 6.42 Å². The molecule has 0 radical (unpaired) electrons. The predicted octanol–water partition coefficient (Wildman–Crippen LogP) is 1.73. The maximum Gasteiger partial charge on any atom is 0.106 e. The van der Waals surface area contributed by atoms with E-state index in [4.69, 9.17) is 19.5 Å². The van der Waals surface area contributed by atoms with Gasteiger partial charge in [0.25, 0.3) is 0 Å². The van der Waals surface area contributed by atoms with Crippen LogP contribution in [0.3, 0.4) is 0 Å². The molecule has 0 saturated carbocycles. The van der Waals surface area contributed by atoms with Gasteiger partial charge in [-0.05, 0) is 27.2 Å². The van der Waals surface area contributed by atoms with Crippen molar-refractivity contribution in [3.8, 4) is 6.07 Å². The Bertz CT molecular complexity index is 254. The van der Waals surface area contributed by atoms with Crippen LogP contribution in [0.15, 0.2) is 0 Å². The molecule has 0 spiro atoms. The van der Waals surface area contributed by atoms with Crippen molar-refractivity contribution < 1.29 is 14.2 Å². The van der Waals surface area contributed by atoms with Crippen molar-refractivity contribution in [2.24, 2.45) is 0 Å². The first kappa shape index (κ1) is 18.3. The Kier molecular flexibility index (Phi) is 10.8. The van der Waals surface area contributed by atoms with E-state index in [-0.39, 0.29) is 0 Å². The summed E-state index contributed by atoms with van der Waals surface area (Å²) in [5.74, 6) is 0. The van der Waals surface area contributed by atoms with Gasteiger partial charge in [-0.2, -0.15) is 5.26 Å². The van der Waals surface area contributed by atoms with Gasteiger partial charge in [0.05, 0.1) is 19.3 Å². The highest BCUT2D eigenvalue weighted by atomic mass is 16.5. The molecule has 0 amide bonds. The van der Waals surface area contributed by atoms with Crippen molar-refractivity contribution in [3.63, 3.8) is 0 Å². The van der Waals surface area contributed by atoms with Crippen molar-refractivity contribution in [2.75, 3.05) is 40.1 Å². The van der Waals surface area contributed by atoms with E-state index in [1.807, 2.05) is 20.8 Å². The fourth-order valence-corrected chi connectivity index (χ4v) is 1.68. The van der Waals surface area contributed by atoms with Crippen molar-refractivity contribution >= 4 is 0 Å². The van der Waals surface area contributed by atoms with Crippen molar-refractivity contribution in [3.05, 3.63) is 0 Å². The van der Waals surface area contributed by atoms with Crippen LogP contribution in [0.1, 0.15) is 33.6 Å². The number of methoxy groups -OCH3 is 1. The van der Waals surface area contributed by atoms with Gasteiger partial charge >= 0.3 is 0 Å². The lowest BCUT2D eigenvalue weighted by Crippen LogP contribution is -2.45. The van der Waals surface area contributed by atoms with Crippen LogP contribution in [0, 0.1) is 11.3 Å². The number of hydrogen-bond donors (Lipinski definition) is 1. The molecule has 0 aliphatic rings. The highest BCUT2D eigenvalue weighted by Gasteiger charge is 2.23. The van der Waals surface area contributed by atoms with Crippen LogP contribution in [-0.2, 0) is 14.2 Å². The predicted molar refractivity (Wildman–Crippen MR) is 75.0 cm³/mol. The second kappa shape index (κ2) is 11.2. The monoisotopic (exact) mass is 272 g/mol. The van der Waals surface area contributed by atoms with Crippen molar-refractivity contribution in [1.29, 1.82) is 5.26 Å². The van der Waals surface area contributed by atoms with Gasteiger partial charge in [0.15, 0.2) is 0 Å². The molecule has 0 heterocycles.